The van der Waals surface area contributed by atoms with Crippen LogP contribution >= 0.6 is 0 Å². The fourth-order valence-corrected chi connectivity index (χ4v) is 15.3. The highest BCUT2D eigenvalue weighted by Crippen LogP contribution is 2.45. The minimum absolute atomic E-state index is 0.476. The van der Waals surface area contributed by atoms with Crippen LogP contribution in [0.25, 0.3) is 223 Å². The molecule has 10 nitrogen and oxygen atoms in total. The predicted octanol–water partition coefficient (Wildman–Crippen LogP) is 25.7. The quantitative estimate of drug-likeness (QED) is 0.117. The third-order valence-corrected chi connectivity index (χ3v) is 20.4. The van der Waals surface area contributed by atoms with Crippen LogP contribution in [0.15, 0.2) is 357 Å². The van der Waals surface area contributed by atoms with Gasteiger partial charge in [0.05, 0.1) is 5.56 Å². The summed E-state index contributed by atoms with van der Waals surface area (Å²) in [5.74, 6) is 3.12. The molecule has 0 amide bonds. The van der Waals surface area contributed by atoms with Gasteiger partial charge in [0.15, 0.2) is 34.9 Å². The van der Waals surface area contributed by atoms with Crippen LogP contribution < -0.4 is 0 Å². The summed E-state index contributed by atoms with van der Waals surface area (Å²) in [4.78, 5) is 31.8. The van der Waals surface area contributed by atoms with Crippen LogP contribution in [0.4, 0.5) is 0 Å². The van der Waals surface area contributed by atoms with Gasteiger partial charge in [0.25, 0.3) is 0 Å². The minimum atomic E-state index is 0.476. The van der Waals surface area contributed by atoms with E-state index in [1.54, 1.807) is 0 Å². The molecule has 0 aliphatic carbocycles. The van der Waals surface area contributed by atoms with Crippen molar-refractivity contribution in [3.63, 3.8) is 0 Å². The lowest BCUT2D eigenvalue weighted by Crippen LogP contribution is -2.01. The van der Waals surface area contributed by atoms with Crippen LogP contribution in [0.3, 0.4) is 0 Å². The van der Waals surface area contributed by atoms with Crippen molar-refractivity contribution in [2.24, 2.45) is 0 Å². The highest BCUT2D eigenvalue weighted by molar-refractivity contribution is 6.16. The van der Waals surface area contributed by atoms with Gasteiger partial charge in [-0.1, -0.05) is 249 Å². The lowest BCUT2D eigenvalue weighted by Gasteiger charge is -2.11. The fourth-order valence-electron chi connectivity index (χ4n) is 15.3. The first-order chi connectivity index (χ1) is 52.5. The van der Waals surface area contributed by atoms with Crippen molar-refractivity contribution in [3.8, 4) is 135 Å². The van der Waals surface area contributed by atoms with Gasteiger partial charge in [-0.25, -0.2) is 29.9 Å². The molecule has 15 aromatic carbocycles. The van der Waals surface area contributed by atoms with Gasteiger partial charge in [-0.3, -0.25) is 0 Å². The van der Waals surface area contributed by atoms with E-state index in [-0.39, 0.29) is 0 Å². The van der Waals surface area contributed by atoms with Gasteiger partial charge in [0, 0.05) is 70.9 Å². The van der Waals surface area contributed by atoms with Crippen LogP contribution in [-0.2, 0) is 0 Å². The molecule has 0 bridgehead atoms. The van der Waals surface area contributed by atoms with Gasteiger partial charge < -0.3 is 17.7 Å². The number of furan rings is 4. The number of hydrogen-bond acceptors (Lipinski definition) is 10. The number of fused-ring (bicyclic) bond motifs is 12. The van der Waals surface area contributed by atoms with Crippen molar-refractivity contribution in [2.45, 2.75) is 0 Å². The van der Waals surface area contributed by atoms with Crippen molar-refractivity contribution < 1.29 is 17.7 Å². The maximum Gasteiger partial charge on any atom is 0.167 e. The Labute approximate surface area is 606 Å². The molecular formula is C96H56N6O4. The molecule has 0 aliphatic heterocycles. The smallest absolute Gasteiger partial charge is 0.167 e. The van der Waals surface area contributed by atoms with Gasteiger partial charge in [0.2, 0.25) is 0 Å². The Hall–Kier alpha value is -14.5. The monoisotopic (exact) mass is 1360 g/mol. The Morgan fingerprint density at radius 2 is 0.500 bits per heavy atom. The molecule has 0 fully saturated rings. The summed E-state index contributed by atoms with van der Waals surface area (Å²) in [6, 6.07) is 117. The molecule has 0 saturated heterocycles. The fraction of sp³-hybridized carbons (Fsp3) is 0. The molecule has 106 heavy (non-hydrogen) atoms. The number of aromatic nitrogens is 6. The summed E-state index contributed by atoms with van der Waals surface area (Å²) in [6.07, 6.45) is 0. The van der Waals surface area contributed by atoms with Gasteiger partial charge >= 0.3 is 0 Å². The largest absolute Gasteiger partial charge is 0.456 e. The lowest BCUT2D eigenvalue weighted by molar-refractivity contribution is 0.668. The van der Waals surface area contributed by atoms with Crippen molar-refractivity contribution in [1.82, 2.24) is 29.9 Å². The second kappa shape index (κ2) is 24.7. The topological polar surface area (TPSA) is 130 Å². The highest BCUT2D eigenvalue weighted by atomic mass is 16.3. The van der Waals surface area contributed by atoms with E-state index < -0.39 is 0 Å². The zero-order valence-corrected chi connectivity index (χ0v) is 56.6. The molecule has 6 heterocycles. The van der Waals surface area contributed by atoms with E-state index in [0.717, 1.165) is 171 Å². The van der Waals surface area contributed by atoms with E-state index in [9.17, 15) is 0 Å². The first-order valence-electron chi connectivity index (χ1n) is 35.4. The second-order valence-electron chi connectivity index (χ2n) is 26.8. The Bertz CT molecular complexity index is 7080. The first-order valence-corrected chi connectivity index (χ1v) is 35.4. The van der Waals surface area contributed by atoms with Crippen LogP contribution in [0, 0.1) is 0 Å². The number of hydrogen-bond donors (Lipinski definition) is 0. The molecule has 0 saturated carbocycles. The number of nitrogens with zero attached hydrogens (tertiary/aromatic N) is 6. The summed E-state index contributed by atoms with van der Waals surface area (Å²) in [7, 11) is 0. The molecular weight excluding hydrogens is 1300 g/mol. The molecule has 0 atom stereocenters. The van der Waals surface area contributed by atoms with Crippen molar-refractivity contribution in [2.75, 3.05) is 0 Å². The average Bonchev–Trinajstić information content (AvgIpc) is 1.58. The molecule has 6 aromatic heterocycles. The highest BCUT2D eigenvalue weighted by Gasteiger charge is 2.24. The molecule has 0 N–H and O–H groups in total. The molecule has 0 spiro atoms. The molecule has 494 valence electrons. The van der Waals surface area contributed by atoms with Gasteiger partial charge in [0.1, 0.15) is 44.7 Å². The normalized spacial score (nSPS) is 11.8. The van der Waals surface area contributed by atoms with Crippen LogP contribution in [0.1, 0.15) is 0 Å². The van der Waals surface area contributed by atoms with Crippen LogP contribution in [0.2, 0.25) is 0 Å². The molecule has 10 heteroatoms. The summed E-state index contributed by atoms with van der Waals surface area (Å²) in [5.41, 5.74) is 24.1. The second-order valence-corrected chi connectivity index (χ2v) is 26.8. The molecule has 0 unspecified atom stereocenters. The Kier molecular flexibility index (Phi) is 14.0. The zero-order chi connectivity index (χ0) is 69.8. The standard InChI is InChI=1S/C96H56N6O4/c1-4-19-57(20-5-1)58-39-41-59(42-40-58)63-44-48-83-79(53-63)88-72(32-17-37-85(88)103-83)65-26-15-28-68(52-65)92-97-91(61-23-8-3-9-24-61)98-94(99-92)69-46-50-82-78(55-69)74-47-43-64(56-87(74)105-82)62-25-14-27-67(51-62)93-100-95(102-96(101-93)77-35-16-33-75-73-31-12-13-36-81(73)106-90(75)77)76-34-18-38-86-89(76)80-54-66(45-49-84(80)104-86)71-30-11-10-29-70(71)60-21-6-2-7-22-60/h1-56H. The van der Waals surface area contributed by atoms with E-state index in [0.29, 0.717) is 40.5 Å². The van der Waals surface area contributed by atoms with E-state index in [1.807, 2.05) is 103 Å². The number of para-hydroxylation sites is 2. The first kappa shape index (κ1) is 60.3. The molecule has 21 aromatic rings. The SMILES string of the molecule is c1ccc(-c2ccc(-c3ccc4oc5cccc(-c6cccc(-c7nc(-c8ccccc8)nc(-c8ccc9oc%10cc(-c%11cccc(-c%12nc(-c%13cccc%14c%13oc%13ccccc%13%14)nc(-c%13cccc%14oc%15ccc(-c%16ccccc%16-c%16ccccc%16)cc%15c%13%14)n%12)c%11)ccc%10c9c8)n7)c6)c5c4c3)cc2)cc1. The maximum absolute atomic E-state index is 6.76. The summed E-state index contributed by atoms with van der Waals surface area (Å²) in [5, 5.41) is 7.83. The van der Waals surface area contributed by atoms with Crippen molar-refractivity contribution >= 4 is 87.8 Å². The summed E-state index contributed by atoms with van der Waals surface area (Å²) < 4.78 is 26.6. The number of rotatable bonds is 12. The lowest BCUT2D eigenvalue weighted by atomic mass is 9.93. The molecule has 21 rings (SSSR count). The van der Waals surface area contributed by atoms with Crippen LogP contribution in [0.5, 0.6) is 0 Å². The summed E-state index contributed by atoms with van der Waals surface area (Å²) in [6.45, 7) is 0. The van der Waals surface area contributed by atoms with E-state index in [4.69, 9.17) is 47.6 Å². The van der Waals surface area contributed by atoms with Crippen LogP contribution in [-0.4, -0.2) is 29.9 Å². The van der Waals surface area contributed by atoms with E-state index in [2.05, 4.69) is 237 Å². The third kappa shape index (κ3) is 10.4. The Balaban J connectivity index is 0.638. The molecule has 0 radical (unpaired) electrons. The van der Waals surface area contributed by atoms with Gasteiger partial charge in [-0.2, -0.15) is 0 Å². The van der Waals surface area contributed by atoms with Gasteiger partial charge in [-0.15, -0.1) is 0 Å². The predicted molar refractivity (Wildman–Crippen MR) is 428 cm³/mol. The van der Waals surface area contributed by atoms with Gasteiger partial charge in [-0.05, 0) is 158 Å². The average molecular weight is 1360 g/mol. The van der Waals surface area contributed by atoms with Crippen molar-refractivity contribution in [1.29, 1.82) is 0 Å². The summed E-state index contributed by atoms with van der Waals surface area (Å²) >= 11 is 0. The molecule has 0 aliphatic rings. The minimum Gasteiger partial charge on any atom is -0.456 e. The number of benzene rings is 15. The maximum atomic E-state index is 6.76. The zero-order valence-electron chi connectivity index (χ0n) is 56.6. The van der Waals surface area contributed by atoms with E-state index in [1.165, 1.54) is 11.1 Å². The Morgan fingerprint density at radius 3 is 1.21 bits per heavy atom. The Morgan fingerprint density at radius 1 is 0.151 bits per heavy atom. The van der Waals surface area contributed by atoms with E-state index >= 15 is 0 Å². The van der Waals surface area contributed by atoms with Crippen molar-refractivity contribution in [3.05, 3.63) is 340 Å². The third-order valence-electron chi connectivity index (χ3n) is 20.4.